The third-order valence-corrected chi connectivity index (χ3v) is 5.53. The largest absolute Gasteiger partial charge is 0.269 e. The molecular formula is C16H25N. The van der Waals surface area contributed by atoms with E-state index in [1.807, 2.05) is 0 Å². The Morgan fingerprint density at radius 1 is 1.29 bits per heavy atom. The summed E-state index contributed by atoms with van der Waals surface area (Å²) in [4.78, 5) is 4.20. The first-order valence-electron chi connectivity index (χ1n) is 7.32. The van der Waals surface area contributed by atoms with Gasteiger partial charge in [0.25, 0.3) is 0 Å². The molecule has 0 radical (unpaired) electrons. The number of rotatable bonds is 5. The Balaban J connectivity index is 1.56. The smallest absolute Gasteiger partial charge is 0.0387 e. The van der Waals surface area contributed by atoms with Gasteiger partial charge in [-0.1, -0.05) is 13.0 Å². The van der Waals surface area contributed by atoms with Crippen LogP contribution >= 0.6 is 0 Å². The standard InChI is InChI=1S/C16H25N/c1-15-8-10-16(12-15,11-9-15)7-3-4-14(17-2)13-5-6-13/h4,13H,2-3,5-12H2,1H3/b14-4-. The molecule has 3 rings (SSSR count). The average Bonchev–Trinajstić information content (AvgIpc) is 3.03. The molecule has 0 amide bonds. The fraction of sp³-hybridized carbons (Fsp3) is 0.812. The van der Waals surface area contributed by atoms with Gasteiger partial charge in [0.2, 0.25) is 0 Å². The van der Waals surface area contributed by atoms with Crippen LogP contribution in [0.2, 0.25) is 0 Å². The van der Waals surface area contributed by atoms with Gasteiger partial charge in [0.1, 0.15) is 0 Å². The molecule has 0 aliphatic heterocycles. The normalized spacial score (nSPS) is 40.9. The summed E-state index contributed by atoms with van der Waals surface area (Å²) in [5, 5.41) is 0. The van der Waals surface area contributed by atoms with Crippen molar-refractivity contribution in [2.24, 2.45) is 21.7 Å². The Morgan fingerprint density at radius 3 is 2.47 bits per heavy atom. The van der Waals surface area contributed by atoms with Crippen LogP contribution in [0, 0.1) is 16.7 Å². The molecule has 1 nitrogen and oxygen atoms in total. The van der Waals surface area contributed by atoms with Crippen LogP contribution < -0.4 is 0 Å². The highest BCUT2D eigenvalue weighted by molar-refractivity contribution is 5.31. The number of fused-ring (bicyclic) bond motifs is 2. The molecule has 17 heavy (non-hydrogen) atoms. The van der Waals surface area contributed by atoms with Crippen molar-refractivity contribution in [3.63, 3.8) is 0 Å². The molecule has 1 heteroatoms. The Bertz CT molecular complexity index is 341. The van der Waals surface area contributed by atoms with Gasteiger partial charge in [-0.3, -0.25) is 4.99 Å². The van der Waals surface area contributed by atoms with Crippen LogP contribution in [0.25, 0.3) is 0 Å². The molecule has 0 aromatic carbocycles. The van der Waals surface area contributed by atoms with Crippen LogP contribution in [0.4, 0.5) is 0 Å². The molecule has 3 aliphatic rings. The average molecular weight is 231 g/mol. The minimum absolute atomic E-state index is 0.708. The summed E-state index contributed by atoms with van der Waals surface area (Å²) in [6.45, 7) is 6.21. The van der Waals surface area contributed by atoms with Gasteiger partial charge in [0, 0.05) is 11.6 Å². The number of hydrogen-bond acceptors (Lipinski definition) is 1. The van der Waals surface area contributed by atoms with Crippen LogP contribution in [-0.4, -0.2) is 6.72 Å². The Hall–Kier alpha value is -0.590. The molecule has 94 valence electrons. The third kappa shape index (κ3) is 2.21. The van der Waals surface area contributed by atoms with E-state index in [9.17, 15) is 0 Å². The molecule has 3 saturated carbocycles. The van der Waals surface area contributed by atoms with Crippen LogP contribution in [0.1, 0.15) is 64.7 Å². The van der Waals surface area contributed by atoms with E-state index >= 15 is 0 Å². The van der Waals surface area contributed by atoms with Crippen molar-refractivity contribution >= 4 is 6.72 Å². The fourth-order valence-corrected chi connectivity index (χ4v) is 4.25. The molecule has 0 unspecified atom stereocenters. The van der Waals surface area contributed by atoms with Gasteiger partial charge in [0.05, 0.1) is 0 Å². The van der Waals surface area contributed by atoms with E-state index in [-0.39, 0.29) is 0 Å². The van der Waals surface area contributed by atoms with Crippen LogP contribution in [0.3, 0.4) is 0 Å². The number of aliphatic imine (C=N–C) groups is 1. The summed E-state index contributed by atoms with van der Waals surface area (Å²) in [5.74, 6) is 0.766. The maximum atomic E-state index is 4.20. The lowest BCUT2D eigenvalue weighted by Crippen LogP contribution is -2.13. The lowest BCUT2D eigenvalue weighted by atomic mass is 9.79. The lowest BCUT2D eigenvalue weighted by Gasteiger charge is -2.26. The zero-order valence-corrected chi connectivity index (χ0v) is 11.2. The van der Waals surface area contributed by atoms with E-state index in [0.29, 0.717) is 10.8 Å². The SMILES string of the molecule is C=N/C(=C\CCC12CCC(C)(CC1)C2)C1CC1. The lowest BCUT2D eigenvalue weighted by molar-refractivity contribution is 0.268. The monoisotopic (exact) mass is 231 g/mol. The Morgan fingerprint density at radius 2 is 2.00 bits per heavy atom. The first-order valence-corrected chi connectivity index (χ1v) is 7.32. The van der Waals surface area contributed by atoms with Gasteiger partial charge < -0.3 is 0 Å². The van der Waals surface area contributed by atoms with Crippen molar-refractivity contribution in [3.05, 3.63) is 11.8 Å². The first-order chi connectivity index (χ1) is 8.15. The van der Waals surface area contributed by atoms with Crippen LogP contribution in [-0.2, 0) is 0 Å². The molecule has 0 aromatic heterocycles. The summed E-state index contributed by atoms with van der Waals surface area (Å²) in [7, 11) is 0. The summed E-state index contributed by atoms with van der Waals surface area (Å²) >= 11 is 0. The molecule has 0 saturated heterocycles. The molecular weight excluding hydrogens is 206 g/mol. The zero-order chi connectivity index (χ0) is 11.9. The first kappa shape index (κ1) is 11.5. The van der Waals surface area contributed by atoms with Crippen LogP contribution in [0.15, 0.2) is 16.8 Å². The van der Waals surface area contributed by atoms with E-state index in [0.717, 1.165) is 5.92 Å². The van der Waals surface area contributed by atoms with Gasteiger partial charge in [-0.15, -0.1) is 0 Å². The molecule has 0 heterocycles. The summed E-state index contributed by atoms with van der Waals surface area (Å²) in [6, 6.07) is 0. The van der Waals surface area contributed by atoms with Crippen molar-refractivity contribution in [2.75, 3.05) is 0 Å². The van der Waals surface area contributed by atoms with Gasteiger partial charge in [-0.25, -0.2) is 0 Å². The molecule has 3 aliphatic carbocycles. The maximum Gasteiger partial charge on any atom is 0.0387 e. The van der Waals surface area contributed by atoms with Gasteiger partial charge in [0.15, 0.2) is 0 Å². The van der Waals surface area contributed by atoms with Gasteiger partial charge in [-0.05, 0) is 75.3 Å². The Kier molecular flexibility index (Phi) is 2.68. The summed E-state index contributed by atoms with van der Waals surface area (Å²) in [6.07, 6.45) is 15.1. The highest BCUT2D eigenvalue weighted by Gasteiger charge is 2.50. The predicted molar refractivity (Wildman–Crippen MR) is 73.2 cm³/mol. The second-order valence-corrected chi connectivity index (χ2v) is 7.09. The van der Waals surface area contributed by atoms with Crippen molar-refractivity contribution in [2.45, 2.75) is 64.7 Å². The van der Waals surface area contributed by atoms with E-state index in [1.54, 1.807) is 0 Å². The number of hydrogen-bond donors (Lipinski definition) is 0. The highest BCUT2D eigenvalue weighted by Crippen LogP contribution is 2.63. The molecule has 0 atom stereocenters. The fourth-order valence-electron chi connectivity index (χ4n) is 4.25. The number of allylic oxidation sites excluding steroid dienone is 2. The molecule has 3 fully saturated rings. The molecule has 0 spiro atoms. The maximum absolute atomic E-state index is 4.20. The topological polar surface area (TPSA) is 12.4 Å². The summed E-state index contributed by atoms with van der Waals surface area (Å²) in [5.41, 5.74) is 2.71. The highest BCUT2D eigenvalue weighted by atomic mass is 14.7. The van der Waals surface area contributed by atoms with Crippen molar-refractivity contribution in [1.82, 2.24) is 0 Å². The molecule has 2 bridgehead atoms. The van der Waals surface area contributed by atoms with E-state index < -0.39 is 0 Å². The van der Waals surface area contributed by atoms with Crippen molar-refractivity contribution < 1.29 is 0 Å². The predicted octanol–water partition coefficient (Wildman–Crippen LogP) is 4.73. The van der Waals surface area contributed by atoms with Gasteiger partial charge in [-0.2, -0.15) is 0 Å². The van der Waals surface area contributed by atoms with E-state index in [4.69, 9.17) is 0 Å². The number of nitrogens with zero attached hydrogens (tertiary/aromatic N) is 1. The third-order valence-electron chi connectivity index (χ3n) is 5.53. The Labute approximate surface area is 105 Å². The minimum atomic E-state index is 0.708. The molecule has 0 aromatic rings. The van der Waals surface area contributed by atoms with Crippen molar-refractivity contribution in [1.29, 1.82) is 0 Å². The van der Waals surface area contributed by atoms with E-state index in [2.05, 4.69) is 24.7 Å². The van der Waals surface area contributed by atoms with Gasteiger partial charge >= 0.3 is 0 Å². The van der Waals surface area contributed by atoms with Crippen molar-refractivity contribution in [3.8, 4) is 0 Å². The molecule has 0 N–H and O–H groups in total. The summed E-state index contributed by atoms with van der Waals surface area (Å²) < 4.78 is 0. The second kappa shape index (κ2) is 3.96. The van der Waals surface area contributed by atoms with Crippen LogP contribution in [0.5, 0.6) is 0 Å². The second-order valence-electron chi connectivity index (χ2n) is 7.09. The van der Waals surface area contributed by atoms with E-state index in [1.165, 1.54) is 63.5 Å². The minimum Gasteiger partial charge on any atom is -0.269 e. The quantitative estimate of drug-likeness (QED) is 0.606. The zero-order valence-electron chi connectivity index (χ0n) is 11.2.